The van der Waals surface area contributed by atoms with Gasteiger partial charge in [0.25, 0.3) is 0 Å². The van der Waals surface area contributed by atoms with Gasteiger partial charge in [-0.05, 0) is 18.6 Å². The molecule has 132 valence electrons. The van der Waals surface area contributed by atoms with Gasteiger partial charge in [-0.25, -0.2) is 22.0 Å². The Morgan fingerprint density at radius 3 is 2.29 bits per heavy atom. The molecule has 2 heterocycles. The fourth-order valence-electron chi connectivity index (χ4n) is 3.16. The zero-order valence-electron chi connectivity index (χ0n) is 13.0. The van der Waals surface area contributed by atoms with Gasteiger partial charge in [0.15, 0.2) is 9.84 Å². The largest absolute Gasteiger partial charge is 0.322 e. The molecule has 24 heavy (non-hydrogen) atoms. The minimum absolute atomic E-state index is 0.00391. The van der Waals surface area contributed by atoms with Crippen LogP contribution in [0.3, 0.4) is 0 Å². The number of piperazine rings is 1. The summed E-state index contributed by atoms with van der Waals surface area (Å²) >= 11 is 0. The molecule has 1 atom stereocenters. The number of para-hydroxylation sites is 1. The highest BCUT2D eigenvalue weighted by atomic mass is 32.2. The van der Waals surface area contributed by atoms with Crippen LogP contribution < -0.4 is 5.32 Å². The quantitative estimate of drug-likeness (QED) is 0.864. The molecule has 2 aliphatic rings. The van der Waals surface area contributed by atoms with Crippen LogP contribution in [-0.2, 0) is 9.84 Å². The van der Waals surface area contributed by atoms with Crippen molar-refractivity contribution in [1.29, 1.82) is 0 Å². The minimum atomic E-state index is -2.94. The topological polar surface area (TPSA) is 69.7 Å². The molecule has 1 N–H and O–H groups in total. The smallest absolute Gasteiger partial charge is 0.322 e. The molecule has 0 radical (unpaired) electrons. The SMILES string of the molecule is O=C(Nc1c(F)cccc1F)N1CCN(C2CCS(=O)(=O)C2)CC1. The van der Waals surface area contributed by atoms with Crippen molar-refractivity contribution in [1.82, 2.24) is 9.80 Å². The number of sulfone groups is 1. The highest BCUT2D eigenvalue weighted by Crippen LogP contribution is 2.21. The second kappa shape index (κ2) is 6.64. The molecule has 1 aromatic rings. The van der Waals surface area contributed by atoms with Crippen LogP contribution >= 0.6 is 0 Å². The predicted molar refractivity (Wildman–Crippen MR) is 85.6 cm³/mol. The van der Waals surface area contributed by atoms with Gasteiger partial charge in [0.05, 0.1) is 11.5 Å². The number of benzene rings is 1. The lowest BCUT2D eigenvalue weighted by Gasteiger charge is -2.37. The number of carbonyl (C=O) groups excluding carboxylic acids is 1. The first-order valence-corrected chi connectivity index (χ1v) is 9.62. The highest BCUT2D eigenvalue weighted by molar-refractivity contribution is 7.91. The molecule has 1 unspecified atom stereocenters. The molecule has 0 spiro atoms. The second-order valence-electron chi connectivity index (χ2n) is 6.11. The van der Waals surface area contributed by atoms with E-state index in [1.807, 2.05) is 0 Å². The van der Waals surface area contributed by atoms with Crippen molar-refractivity contribution in [2.45, 2.75) is 12.5 Å². The number of rotatable bonds is 2. The third-order valence-electron chi connectivity index (χ3n) is 4.52. The summed E-state index contributed by atoms with van der Waals surface area (Å²) in [5.74, 6) is -1.26. The van der Waals surface area contributed by atoms with E-state index >= 15 is 0 Å². The summed E-state index contributed by atoms with van der Waals surface area (Å²) in [6.45, 7) is 1.87. The van der Waals surface area contributed by atoms with Crippen molar-refractivity contribution in [2.75, 3.05) is 43.0 Å². The van der Waals surface area contributed by atoms with Crippen LogP contribution in [0.25, 0.3) is 0 Å². The van der Waals surface area contributed by atoms with E-state index in [2.05, 4.69) is 10.2 Å². The van der Waals surface area contributed by atoms with E-state index in [0.717, 1.165) is 12.1 Å². The molecule has 2 amide bonds. The Morgan fingerprint density at radius 1 is 1.12 bits per heavy atom. The third kappa shape index (κ3) is 3.67. The van der Waals surface area contributed by atoms with Gasteiger partial charge in [-0.2, -0.15) is 0 Å². The van der Waals surface area contributed by atoms with Gasteiger partial charge in [-0.3, -0.25) is 4.90 Å². The first-order valence-electron chi connectivity index (χ1n) is 7.80. The summed E-state index contributed by atoms with van der Waals surface area (Å²) in [6, 6.07) is 2.84. The maximum Gasteiger partial charge on any atom is 0.322 e. The summed E-state index contributed by atoms with van der Waals surface area (Å²) in [5, 5.41) is 2.27. The maximum absolute atomic E-state index is 13.6. The number of amides is 2. The first kappa shape index (κ1) is 17.1. The van der Waals surface area contributed by atoms with Gasteiger partial charge >= 0.3 is 6.03 Å². The summed E-state index contributed by atoms with van der Waals surface area (Å²) in [5.41, 5.74) is -0.452. The molecule has 2 fully saturated rings. The van der Waals surface area contributed by atoms with E-state index < -0.39 is 33.2 Å². The van der Waals surface area contributed by atoms with Gasteiger partial charge in [0.2, 0.25) is 0 Å². The first-order chi connectivity index (χ1) is 11.4. The van der Waals surface area contributed by atoms with E-state index in [4.69, 9.17) is 0 Å². The van der Waals surface area contributed by atoms with E-state index in [1.54, 1.807) is 0 Å². The molecule has 9 heteroatoms. The number of nitrogens with one attached hydrogen (secondary N) is 1. The van der Waals surface area contributed by atoms with Crippen LogP contribution in [0.15, 0.2) is 18.2 Å². The van der Waals surface area contributed by atoms with Crippen LogP contribution in [0.1, 0.15) is 6.42 Å². The van der Waals surface area contributed by atoms with E-state index in [9.17, 15) is 22.0 Å². The molecule has 3 rings (SSSR count). The van der Waals surface area contributed by atoms with Gasteiger partial charge in [-0.15, -0.1) is 0 Å². The lowest BCUT2D eigenvalue weighted by atomic mass is 10.2. The molecule has 0 aromatic heterocycles. The predicted octanol–water partition coefficient (Wildman–Crippen LogP) is 1.30. The number of hydrogen-bond donors (Lipinski definition) is 1. The fourth-order valence-corrected chi connectivity index (χ4v) is 4.92. The highest BCUT2D eigenvalue weighted by Gasteiger charge is 2.34. The summed E-state index contributed by atoms with van der Waals surface area (Å²) in [7, 11) is -2.94. The molecular formula is C15H19F2N3O3S. The Labute approximate surface area is 139 Å². The molecular weight excluding hydrogens is 340 g/mol. The second-order valence-corrected chi connectivity index (χ2v) is 8.34. The summed E-state index contributed by atoms with van der Waals surface area (Å²) in [6.07, 6.45) is 0.620. The Morgan fingerprint density at radius 2 is 1.75 bits per heavy atom. The lowest BCUT2D eigenvalue weighted by molar-refractivity contribution is 0.121. The van der Waals surface area contributed by atoms with Crippen molar-refractivity contribution in [3.8, 4) is 0 Å². The number of halogens is 2. The van der Waals surface area contributed by atoms with Gasteiger partial charge in [0, 0.05) is 32.2 Å². The van der Waals surface area contributed by atoms with Gasteiger partial charge in [0.1, 0.15) is 17.3 Å². The molecule has 0 bridgehead atoms. The van der Waals surface area contributed by atoms with E-state index in [-0.39, 0.29) is 17.5 Å². The Kier molecular flexibility index (Phi) is 4.73. The molecule has 1 aromatic carbocycles. The number of urea groups is 1. The molecule has 0 saturated carbocycles. The maximum atomic E-state index is 13.6. The Hall–Kier alpha value is -1.74. The average Bonchev–Trinajstić information content (AvgIpc) is 2.91. The van der Waals surface area contributed by atoms with Gasteiger partial charge < -0.3 is 10.2 Å². The zero-order chi connectivity index (χ0) is 17.3. The van der Waals surface area contributed by atoms with E-state index in [0.29, 0.717) is 32.6 Å². The van der Waals surface area contributed by atoms with Crippen molar-refractivity contribution >= 4 is 21.6 Å². The van der Waals surface area contributed by atoms with Crippen molar-refractivity contribution in [2.24, 2.45) is 0 Å². The van der Waals surface area contributed by atoms with Crippen LogP contribution in [0.5, 0.6) is 0 Å². The zero-order valence-corrected chi connectivity index (χ0v) is 13.9. The Bertz CT molecular complexity index is 713. The van der Waals surface area contributed by atoms with Crippen LogP contribution in [-0.4, -0.2) is 68.0 Å². The number of nitrogens with zero attached hydrogens (tertiary/aromatic N) is 2. The van der Waals surface area contributed by atoms with Crippen molar-refractivity contribution < 1.29 is 22.0 Å². The third-order valence-corrected chi connectivity index (χ3v) is 6.27. The van der Waals surface area contributed by atoms with Crippen LogP contribution in [0.2, 0.25) is 0 Å². The number of hydrogen-bond acceptors (Lipinski definition) is 4. The van der Waals surface area contributed by atoms with Crippen LogP contribution in [0.4, 0.5) is 19.3 Å². The molecule has 6 nitrogen and oxygen atoms in total. The molecule has 0 aliphatic carbocycles. The molecule has 2 saturated heterocycles. The van der Waals surface area contributed by atoms with Crippen molar-refractivity contribution in [3.05, 3.63) is 29.8 Å². The minimum Gasteiger partial charge on any atom is -0.322 e. The van der Waals surface area contributed by atoms with Gasteiger partial charge in [-0.1, -0.05) is 6.07 Å². The Balaban J connectivity index is 1.56. The molecule has 2 aliphatic heterocycles. The summed E-state index contributed by atoms with van der Waals surface area (Å²) in [4.78, 5) is 15.7. The van der Waals surface area contributed by atoms with Crippen LogP contribution in [0, 0.1) is 11.6 Å². The average molecular weight is 359 g/mol. The van der Waals surface area contributed by atoms with E-state index in [1.165, 1.54) is 11.0 Å². The van der Waals surface area contributed by atoms with Crippen molar-refractivity contribution in [3.63, 3.8) is 0 Å². The number of anilines is 1. The fraction of sp³-hybridized carbons (Fsp3) is 0.533. The summed E-state index contributed by atoms with van der Waals surface area (Å²) < 4.78 is 50.3. The monoisotopic (exact) mass is 359 g/mol. The normalized spacial score (nSPS) is 24.1. The lowest BCUT2D eigenvalue weighted by Crippen LogP contribution is -2.53. The number of carbonyl (C=O) groups is 1. The standard InChI is InChI=1S/C15H19F2N3O3S/c16-12-2-1-3-13(17)14(12)18-15(21)20-7-5-19(6-8-20)11-4-9-24(22,23)10-11/h1-3,11H,4-10H2,(H,18,21).